The predicted molar refractivity (Wildman–Crippen MR) is 83.4 cm³/mol. The van der Waals surface area contributed by atoms with Crippen LogP contribution in [0.25, 0.3) is 0 Å². The molecule has 1 atom stereocenters. The Hall–Kier alpha value is -1.13. The maximum Gasteiger partial charge on any atom is 0.173 e. The molecule has 1 aromatic rings. The molecule has 19 heavy (non-hydrogen) atoms. The van der Waals surface area contributed by atoms with Crippen LogP contribution in [0.5, 0.6) is 0 Å². The number of para-hydroxylation sites is 1. The monoisotopic (exact) mass is 275 g/mol. The molecule has 1 unspecified atom stereocenters. The van der Waals surface area contributed by atoms with Gasteiger partial charge in [-0.15, -0.1) is 0 Å². The molecule has 0 radical (unpaired) electrons. The third-order valence-electron chi connectivity index (χ3n) is 4.13. The van der Waals surface area contributed by atoms with Crippen LogP contribution in [0.15, 0.2) is 30.3 Å². The van der Waals surface area contributed by atoms with Crippen molar-refractivity contribution in [2.45, 2.75) is 25.3 Å². The third kappa shape index (κ3) is 3.07. The molecule has 0 saturated carbocycles. The van der Waals surface area contributed by atoms with E-state index >= 15 is 0 Å². The van der Waals surface area contributed by atoms with Gasteiger partial charge in [-0.1, -0.05) is 18.2 Å². The van der Waals surface area contributed by atoms with E-state index in [2.05, 4.69) is 27.2 Å². The van der Waals surface area contributed by atoms with Crippen molar-refractivity contribution < 1.29 is 0 Å². The maximum absolute atomic E-state index is 5.52. The first-order valence-corrected chi connectivity index (χ1v) is 7.59. The average Bonchev–Trinajstić information content (AvgIpc) is 3.11. The van der Waals surface area contributed by atoms with Crippen LogP contribution < -0.4 is 5.32 Å². The summed E-state index contributed by atoms with van der Waals surface area (Å²) in [5.41, 5.74) is 1.08. The van der Waals surface area contributed by atoms with E-state index in [1.165, 1.54) is 32.4 Å². The summed E-state index contributed by atoms with van der Waals surface area (Å²) in [7, 11) is 0. The van der Waals surface area contributed by atoms with E-state index in [0.717, 1.165) is 23.9 Å². The number of hydrogen-bond acceptors (Lipinski definition) is 2. The van der Waals surface area contributed by atoms with Crippen molar-refractivity contribution in [1.82, 2.24) is 9.80 Å². The standard InChI is InChI=1S/C15H21N3S/c19-15(16-13-6-2-1-3-7-13)18-11-8-14(12-18)17-9-4-5-10-17/h1-3,6-7,14H,4-5,8-12H2,(H,16,19). The highest BCUT2D eigenvalue weighted by Crippen LogP contribution is 2.21. The van der Waals surface area contributed by atoms with Crippen LogP contribution in [0.3, 0.4) is 0 Å². The molecule has 0 aromatic heterocycles. The largest absolute Gasteiger partial charge is 0.347 e. The molecule has 102 valence electrons. The van der Waals surface area contributed by atoms with Crippen LogP contribution in [-0.4, -0.2) is 47.1 Å². The number of nitrogens with one attached hydrogen (secondary N) is 1. The van der Waals surface area contributed by atoms with E-state index in [0.29, 0.717) is 6.04 Å². The van der Waals surface area contributed by atoms with Gasteiger partial charge in [-0.05, 0) is 56.7 Å². The van der Waals surface area contributed by atoms with Crippen LogP contribution in [0, 0.1) is 0 Å². The second-order valence-corrected chi connectivity index (χ2v) is 5.81. The Morgan fingerprint density at radius 2 is 1.84 bits per heavy atom. The Morgan fingerprint density at radius 3 is 2.58 bits per heavy atom. The summed E-state index contributed by atoms with van der Waals surface area (Å²) in [4.78, 5) is 4.94. The average molecular weight is 275 g/mol. The molecule has 2 fully saturated rings. The molecule has 3 nitrogen and oxygen atoms in total. The van der Waals surface area contributed by atoms with Crippen molar-refractivity contribution in [2.24, 2.45) is 0 Å². The van der Waals surface area contributed by atoms with Gasteiger partial charge >= 0.3 is 0 Å². The Balaban J connectivity index is 1.54. The molecule has 0 aliphatic carbocycles. The Bertz CT molecular complexity index is 428. The van der Waals surface area contributed by atoms with E-state index in [-0.39, 0.29) is 0 Å². The zero-order chi connectivity index (χ0) is 13.1. The van der Waals surface area contributed by atoms with Crippen molar-refractivity contribution in [3.8, 4) is 0 Å². The Kier molecular flexibility index (Phi) is 3.99. The summed E-state index contributed by atoms with van der Waals surface area (Å²) < 4.78 is 0. The number of anilines is 1. The fraction of sp³-hybridized carbons (Fsp3) is 0.533. The summed E-state index contributed by atoms with van der Waals surface area (Å²) in [6.45, 7) is 4.72. The van der Waals surface area contributed by atoms with Gasteiger partial charge in [-0.3, -0.25) is 4.90 Å². The van der Waals surface area contributed by atoms with Gasteiger partial charge in [0.15, 0.2) is 5.11 Å². The molecule has 3 rings (SSSR count). The number of nitrogens with zero attached hydrogens (tertiary/aromatic N) is 2. The van der Waals surface area contributed by atoms with Crippen LogP contribution in [0.2, 0.25) is 0 Å². The van der Waals surface area contributed by atoms with E-state index in [4.69, 9.17) is 12.2 Å². The highest BCUT2D eigenvalue weighted by molar-refractivity contribution is 7.80. The highest BCUT2D eigenvalue weighted by Gasteiger charge is 2.30. The lowest BCUT2D eigenvalue weighted by Gasteiger charge is -2.25. The first-order valence-electron chi connectivity index (χ1n) is 7.18. The summed E-state index contributed by atoms with van der Waals surface area (Å²) in [5, 5.41) is 4.20. The Labute approximate surface area is 120 Å². The second kappa shape index (κ2) is 5.88. The topological polar surface area (TPSA) is 18.5 Å². The van der Waals surface area contributed by atoms with E-state index in [1.54, 1.807) is 0 Å². The SMILES string of the molecule is S=C(Nc1ccccc1)N1CCC(N2CCCC2)C1. The minimum Gasteiger partial charge on any atom is -0.347 e. The van der Waals surface area contributed by atoms with Crippen molar-refractivity contribution in [2.75, 3.05) is 31.5 Å². The molecule has 2 saturated heterocycles. The number of benzene rings is 1. The van der Waals surface area contributed by atoms with Gasteiger partial charge in [0.05, 0.1) is 0 Å². The lowest BCUT2D eigenvalue weighted by atomic mass is 10.2. The van der Waals surface area contributed by atoms with E-state index in [1.807, 2.05) is 18.2 Å². The summed E-state index contributed by atoms with van der Waals surface area (Å²) in [6.07, 6.45) is 3.98. The van der Waals surface area contributed by atoms with Crippen molar-refractivity contribution >= 4 is 23.0 Å². The lowest BCUT2D eigenvalue weighted by molar-refractivity contribution is 0.250. The molecule has 0 spiro atoms. The fourth-order valence-electron chi connectivity index (χ4n) is 3.06. The highest BCUT2D eigenvalue weighted by atomic mass is 32.1. The van der Waals surface area contributed by atoms with Gasteiger partial charge < -0.3 is 10.2 Å². The molecule has 2 aliphatic heterocycles. The van der Waals surface area contributed by atoms with E-state index in [9.17, 15) is 0 Å². The molecule has 2 heterocycles. The third-order valence-corrected chi connectivity index (χ3v) is 4.49. The fourth-order valence-corrected chi connectivity index (χ4v) is 3.34. The summed E-state index contributed by atoms with van der Waals surface area (Å²) in [5.74, 6) is 0. The molecule has 4 heteroatoms. The number of likely N-dealkylation sites (tertiary alicyclic amines) is 2. The molecular weight excluding hydrogens is 254 g/mol. The number of rotatable bonds is 2. The van der Waals surface area contributed by atoms with Gasteiger partial charge in [0.2, 0.25) is 0 Å². The van der Waals surface area contributed by atoms with Crippen LogP contribution in [-0.2, 0) is 0 Å². The maximum atomic E-state index is 5.52. The van der Waals surface area contributed by atoms with Crippen molar-refractivity contribution in [3.05, 3.63) is 30.3 Å². The Morgan fingerprint density at radius 1 is 1.11 bits per heavy atom. The minimum atomic E-state index is 0.707. The van der Waals surface area contributed by atoms with Crippen molar-refractivity contribution in [1.29, 1.82) is 0 Å². The van der Waals surface area contributed by atoms with Gasteiger partial charge in [0, 0.05) is 24.8 Å². The zero-order valence-electron chi connectivity index (χ0n) is 11.2. The summed E-state index contributed by atoms with van der Waals surface area (Å²) >= 11 is 5.52. The normalized spacial score (nSPS) is 23.8. The lowest BCUT2D eigenvalue weighted by Crippen LogP contribution is -2.38. The first-order chi connectivity index (χ1) is 9.33. The molecule has 1 N–H and O–H groups in total. The van der Waals surface area contributed by atoms with Crippen LogP contribution in [0.1, 0.15) is 19.3 Å². The number of hydrogen-bond donors (Lipinski definition) is 1. The second-order valence-electron chi connectivity index (χ2n) is 5.43. The van der Waals surface area contributed by atoms with Gasteiger partial charge in [-0.25, -0.2) is 0 Å². The first kappa shape index (κ1) is 12.9. The van der Waals surface area contributed by atoms with Crippen LogP contribution >= 0.6 is 12.2 Å². The zero-order valence-corrected chi connectivity index (χ0v) is 12.0. The molecule has 0 bridgehead atoms. The van der Waals surface area contributed by atoms with Crippen LogP contribution in [0.4, 0.5) is 5.69 Å². The van der Waals surface area contributed by atoms with E-state index < -0.39 is 0 Å². The molecule has 2 aliphatic rings. The van der Waals surface area contributed by atoms with Gasteiger partial charge in [0.1, 0.15) is 0 Å². The quantitative estimate of drug-likeness (QED) is 0.836. The predicted octanol–water partition coefficient (Wildman–Crippen LogP) is 2.55. The van der Waals surface area contributed by atoms with Gasteiger partial charge in [-0.2, -0.15) is 0 Å². The molecular formula is C15H21N3S. The summed E-state index contributed by atoms with van der Waals surface area (Å²) in [6, 6.07) is 10.9. The van der Waals surface area contributed by atoms with Crippen molar-refractivity contribution in [3.63, 3.8) is 0 Å². The smallest absolute Gasteiger partial charge is 0.173 e. The van der Waals surface area contributed by atoms with Gasteiger partial charge in [0.25, 0.3) is 0 Å². The molecule has 1 aromatic carbocycles. The minimum absolute atomic E-state index is 0.707. The molecule has 0 amide bonds. The number of thiocarbonyl (C=S) groups is 1.